The number of carbonyl (C=O) groups excluding carboxylic acids is 1. The molecule has 0 unspecified atom stereocenters. The molecule has 2 rings (SSSR count). The Morgan fingerprint density at radius 1 is 1.25 bits per heavy atom. The first-order valence-corrected chi connectivity index (χ1v) is 7.57. The van der Waals surface area contributed by atoms with Crippen molar-refractivity contribution < 1.29 is 4.79 Å². The molecule has 0 spiro atoms. The van der Waals surface area contributed by atoms with Crippen molar-refractivity contribution in [3.8, 4) is 0 Å². The molecular formula is C17H26N2O. The van der Waals surface area contributed by atoms with Crippen molar-refractivity contribution in [1.82, 2.24) is 9.80 Å². The van der Waals surface area contributed by atoms with E-state index in [1.165, 1.54) is 25.9 Å². The summed E-state index contributed by atoms with van der Waals surface area (Å²) in [6.07, 6.45) is 2.65. The first kappa shape index (κ1) is 15.2. The Morgan fingerprint density at radius 2 is 1.95 bits per heavy atom. The third-order valence-corrected chi connectivity index (χ3v) is 4.10. The van der Waals surface area contributed by atoms with E-state index < -0.39 is 0 Å². The highest BCUT2D eigenvalue weighted by molar-refractivity contribution is 5.99. The van der Waals surface area contributed by atoms with Crippen molar-refractivity contribution >= 4 is 5.78 Å². The van der Waals surface area contributed by atoms with Gasteiger partial charge in [-0.15, -0.1) is 0 Å². The van der Waals surface area contributed by atoms with Gasteiger partial charge in [0.1, 0.15) is 0 Å². The average molecular weight is 274 g/mol. The molecule has 0 radical (unpaired) electrons. The Balaban J connectivity index is 1.85. The molecule has 0 saturated carbocycles. The topological polar surface area (TPSA) is 23.6 Å². The first-order chi connectivity index (χ1) is 9.56. The largest absolute Gasteiger partial charge is 0.302 e. The number of ketones is 1. The normalized spacial score (nSPS) is 16.0. The summed E-state index contributed by atoms with van der Waals surface area (Å²) >= 11 is 0. The fourth-order valence-corrected chi connectivity index (χ4v) is 2.76. The molecule has 1 aromatic carbocycles. The molecule has 3 nitrogen and oxygen atoms in total. The number of aryl methyl sites for hydroxylation is 2. The van der Waals surface area contributed by atoms with E-state index in [9.17, 15) is 4.79 Å². The number of carbonyl (C=O) groups is 1. The Kier molecular flexibility index (Phi) is 5.32. The summed E-state index contributed by atoms with van der Waals surface area (Å²) in [6, 6.07) is 6.10. The van der Waals surface area contributed by atoms with Gasteiger partial charge in [0, 0.05) is 18.7 Å². The summed E-state index contributed by atoms with van der Waals surface area (Å²) < 4.78 is 0. The molecule has 1 saturated heterocycles. The van der Waals surface area contributed by atoms with Crippen molar-refractivity contribution in [3.05, 3.63) is 34.9 Å². The maximum atomic E-state index is 12.4. The van der Waals surface area contributed by atoms with E-state index in [2.05, 4.69) is 15.9 Å². The van der Waals surface area contributed by atoms with Crippen LogP contribution in [0.3, 0.4) is 0 Å². The van der Waals surface area contributed by atoms with Crippen LogP contribution in [0.4, 0.5) is 0 Å². The molecule has 110 valence electrons. The number of likely N-dealkylation sites (N-methyl/N-ethyl adjacent to an activating group) is 1. The average Bonchev–Trinajstić information content (AvgIpc) is 2.92. The Morgan fingerprint density at radius 3 is 2.65 bits per heavy atom. The minimum Gasteiger partial charge on any atom is -0.302 e. The zero-order chi connectivity index (χ0) is 14.5. The van der Waals surface area contributed by atoms with Gasteiger partial charge in [0.25, 0.3) is 0 Å². The van der Waals surface area contributed by atoms with Crippen LogP contribution in [0.25, 0.3) is 0 Å². The number of likely N-dealkylation sites (tertiary alicyclic amines) is 1. The number of Topliss-reactive ketones (excluding diaryl/α,β-unsaturated/α-hetero) is 1. The van der Waals surface area contributed by atoms with Crippen LogP contribution in [0.5, 0.6) is 0 Å². The minimum atomic E-state index is 0.232. The van der Waals surface area contributed by atoms with Gasteiger partial charge in [-0.25, -0.2) is 0 Å². The van der Waals surface area contributed by atoms with E-state index >= 15 is 0 Å². The molecule has 1 aliphatic heterocycles. The standard InChI is InChI=1S/C17H26N2O/c1-14-6-7-15(2)16(12-14)17(20)13-18(3)10-11-19-8-4-5-9-19/h6-7,12H,4-5,8-11,13H2,1-3H3. The van der Waals surface area contributed by atoms with Gasteiger partial charge in [0.2, 0.25) is 0 Å². The molecule has 20 heavy (non-hydrogen) atoms. The van der Waals surface area contributed by atoms with Crippen molar-refractivity contribution in [2.24, 2.45) is 0 Å². The van der Waals surface area contributed by atoms with Crippen LogP contribution >= 0.6 is 0 Å². The van der Waals surface area contributed by atoms with Crippen LogP contribution in [-0.4, -0.2) is 55.4 Å². The highest BCUT2D eigenvalue weighted by atomic mass is 16.1. The van der Waals surface area contributed by atoms with Gasteiger partial charge in [0.15, 0.2) is 5.78 Å². The second kappa shape index (κ2) is 7.00. The molecule has 0 amide bonds. The van der Waals surface area contributed by atoms with Crippen LogP contribution in [0.2, 0.25) is 0 Å². The fourth-order valence-electron chi connectivity index (χ4n) is 2.76. The van der Waals surface area contributed by atoms with E-state index in [4.69, 9.17) is 0 Å². The van der Waals surface area contributed by atoms with E-state index in [-0.39, 0.29) is 5.78 Å². The number of rotatable bonds is 6. The predicted molar refractivity (Wildman–Crippen MR) is 83.4 cm³/mol. The molecule has 1 heterocycles. The SMILES string of the molecule is Cc1ccc(C)c(C(=O)CN(C)CCN2CCCC2)c1. The van der Waals surface area contributed by atoms with E-state index in [0.717, 1.165) is 29.8 Å². The molecule has 1 fully saturated rings. The number of benzene rings is 1. The summed E-state index contributed by atoms with van der Waals surface area (Å²) in [5.41, 5.74) is 3.10. The van der Waals surface area contributed by atoms with E-state index in [1.807, 2.05) is 33.0 Å². The minimum absolute atomic E-state index is 0.232. The van der Waals surface area contributed by atoms with Gasteiger partial charge in [-0.05, 0) is 58.5 Å². The van der Waals surface area contributed by atoms with Gasteiger partial charge in [-0.2, -0.15) is 0 Å². The van der Waals surface area contributed by atoms with Crippen LogP contribution in [0.1, 0.15) is 34.3 Å². The Hall–Kier alpha value is -1.19. The molecule has 0 atom stereocenters. The van der Waals surface area contributed by atoms with Gasteiger partial charge in [0.05, 0.1) is 6.54 Å². The lowest BCUT2D eigenvalue weighted by atomic mass is 10.0. The van der Waals surface area contributed by atoms with Gasteiger partial charge in [-0.1, -0.05) is 17.7 Å². The Labute approximate surface area is 122 Å². The predicted octanol–water partition coefficient (Wildman–Crippen LogP) is 2.51. The second-order valence-corrected chi connectivity index (χ2v) is 6.03. The van der Waals surface area contributed by atoms with Crippen LogP contribution in [0, 0.1) is 13.8 Å². The summed E-state index contributed by atoms with van der Waals surface area (Å²) in [6.45, 7) is 9.05. The molecule has 3 heteroatoms. The molecule has 0 bridgehead atoms. The van der Waals surface area contributed by atoms with Crippen molar-refractivity contribution in [1.29, 1.82) is 0 Å². The highest BCUT2D eigenvalue weighted by Gasteiger charge is 2.15. The Bertz CT molecular complexity index is 464. The number of hydrogen-bond donors (Lipinski definition) is 0. The van der Waals surface area contributed by atoms with Crippen molar-refractivity contribution in [2.75, 3.05) is 39.8 Å². The molecule has 1 aromatic rings. The molecular weight excluding hydrogens is 248 g/mol. The highest BCUT2D eigenvalue weighted by Crippen LogP contribution is 2.12. The van der Waals surface area contributed by atoms with Crippen LogP contribution < -0.4 is 0 Å². The smallest absolute Gasteiger partial charge is 0.177 e. The maximum absolute atomic E-state index is 12.4. The lowest BCUT2D eigenvalue weighted by molar-refractivity contribution is 0.0940. The first-order valence-electron chi connectivity index (χ1n) is 7.57. The molecule has 0 aromatic heterocycles. The molecule has 0 aliphatic carbocycles. The quantitative estimate of drug-likeness (QED) is 0.745. The number of nitrogens with zero attached hydrogens (tertiary/aromatic N) is 2. The zero-order valence-corrected chi connectivity index (χ0v) is 13.0. The molecule has 1 aliphatic rings. The fraction of sp³-hybridized carbons (Fsp3) is 0.588. The number of hydrogen-bond acceptors (Lipinski definition) is 3. The lowest BCUT2D eigenvalue weighted by Gasteiger charge is -2.21. The van der Waals surface area contributed by atoms with Crippen LogP contribution in [0.15, 0.2) is 18.2 Å². The summed E-state index contributed by atoms with van der Waals surface area (Å²) in [5.74, 6) is 0.232. The van der Waals surface area contributed by atoms with Crippen molar-refractivity contribution in [2.45, 2.75) is 26.7 Å². The second-order valence-electron chi connectivity index (χ2n) is 6.03. The van der Waals surface area contributed by atoms with E-state index in [0.29, 0.717) is 6.54 Å². The molecule has 0 N–H and O–H groups in total. The maximum Gasteiger partial charge on any atom is 0.177 e. The zero-order valence-electron chi connectivity index (χ0n) is 13.0. The third-order valence-electron chi connectivity index (χ3n) is 4.10. The third kappa shape index (κ3) is 4.15. The van der Waals surface area contributed by atoms with Gasteiger partial charge >= 0.3 is 0 Å². The van der Waals surface area contributed by atoms with Crippen LogP contribution in [-0.2, 0) is 0 Å². The summed E-state index contributed by atoms with van der Waals surface area (Å²) in [5, 5.41) is 0. The monoisotopic (exact) mass is 274 g/mol. The summed E-state index contributed by atoms with van der Waals surface area (Å²) in [7, 11) is 2.04. The van der Waals surface area contributed by atoms with Gasteiger partial charge < -0.3 is 4.90 Å². The van der Waals surface area contributed by atoms with Gasteiger partial charge in [-0.3, -0.25) is 9.69 Å². The van der Waals surface area contributed by atoms with E-state index in [1.54, 1.807) is 0 Å². The summed E-state index contributed by atoms with van der Waals surface area (Å²) in [4.78, 5) is 17.0. The van der Waals surface area contributed by atoms with Crippen molar-refractivity contribution in [3.63, 3.8) is 0 Å². The lowest BCUT2D eigenvalue weighted by Crippen LogP contribution is -2.34.